The van der Waals surface area contributed by atoms with Gasteiger partial charge in [0.05, 0.1) is 36.2 Å². The number of ether oxygens (including phenoxy) is 2. The highest BCUT2D eigenvalue weighted by atomic mass is 35.5. The molecule has 1 aliphatic heterocycles. The van der Waals surface area contributed by atoms with Gasteiger partial charge in [-0.25, -0.2) is 4.39 Å². The summed E-state index contributed by atoms with van der Waals surface area (Å²) in [6, 6.07) is 8.96. The standard InChI is InChI=1S/C19H16ClFN2O3/c1-11-15(8-12-9-16(20)18(26-3)17(10-12)25-2)19(24)23(22-11)14-6-4-13(21)5-7-14/h4-10H,1-3H3/b15-8+. The molecule has 0 aliphatic carbocycles. The van der Waals surface area contributed by atoms with Crippen LogP contribution in [0.25, 0.3) is 6.08 Å². The molecule has 5 nitrogen and oxygen atoms in total. The number of nitrogens with zero attached hydrogens (tertiary/aromatic N) is 2. The molecule has 0 saturated heterocycles. The quantitative estimate of drug-likeness (QED) is 0.749. The number of methoxy groups -OCH3 is 2. The third kappa shape index (κ3) is 3.28. The fourth-order valence-corrected chi connectivity index (χ4v) is 2.93. The van der Waals surface area contributed by atoms with Crippen LogP contribution in [0.3, 0.4) is 0 Å². The Bertz CT molecular complexity index is 923. The van der Waals surface area contributed by atoms with E-state index < -0.39 is 0 Å². The lowest BCUT2D eigenvalue weighted by molar-refractivity contribution is -0.114. The van der Waals surface area contributed by atoms with Gasteiger partial charge in [-0.15, -0.1) is 0 Å². The smallest absolute Gasteiger partial charge is 0.280 e. The molecule has 0 N–H and O–H groups in total. The number of benzene rings is 2. The maximum absolute atomic E-state index is 13.1. The van der Waals surface area contributed by atoms with Gasteiger partial charge in [-0.1, -0.05) is 11.6 Å². The molecule has 0 fully saturated rings. The van der Waals surface area contributed by atoms with Crippen LogP contribution in [0.5, 0.6) is 11.5 Å². The Hall–Kier alpha value is -2.86. The van der Waals surface area contributed by atoms with E-state index in [-0.39, 0.29) is 11.7 Å². The summed E-state index contributed by atoms with van der Waals surface area (Å²) < 4.78 is 23.6. The fraction of sp³-hybridized carbons (Fsp3) is 0.158. The number of carbonyl (C=O) groups is 1. The molecule has 26 heavy (non-hydrogen) atoms. The van der Waals surface area contributed by atoms with Crippen molar-refractivity contribution in [3.63, 3.8) is 0 Å². The number of anilines is 1. The van der Waals surface area contributed by atoms with Crippen LogP contribution >= 0.6 is 11.6 Å². The third-order valence-electron chi connectivity index (χ3n) is 3.90. The summed E-state index contributed by atoms with van der Waals surface area (Å²) in [5.74, 6) is 0.200. The van der Waals surface area contributed by atoms with Crippen LogP contribution in [0, 0.1) is 5.82 Å². The molecule has 0 saturated carbocycles. The maximum Gasteiger partial charge on any atom is 0.280 e. The van der Waals surface area contributed by atoms with E-state index >= 15 is 0 Å². The van der Waals surface area contributed by atoms with E-state index in [0.29, 0.717) is 39.1 Å². The van der Waals surface area contributed by atoms with Gasteiger partial charge >= 0.3 is 0 Å². The van der Waals surface area contributed by atoms with E-state index in [1.54, 1.807) is 25.1 Å². The number of halogens is 2. The summed E-state index contributed by atoms with van der Waals surface area (Å²) >= 11 is 6.22. The monoisotopic (exact) mass is 374 g/mol. The van der Waals surface area contributed by atoms with E-state index in [9.17, 15) is 9.18 Å². The van der Waals surface area contributed by atoms with Gasteiger partial charge in [0.2, 0.25) is 0 Å². The molecule has 2 aromatic rings. The minimum absolute atomic E-state index is 0.306. The highest BCUT2D eigenvalue weighted by Gasteiger charge is 2.28. The lowest BCUT2D eigenvalue weighted by atomic mass is 10.1. The Labute approximate surface area is 155 Å². The van der Waals surface area contributed by atoms with E-state index in [2.05, 4.69) is 5.10 Å². The van der Waals surface area contributed by atoms with E-state index in [4.69, 9.17) is 21.1 Å². The van der Waals surface area contributed by atoms with Crippen LogP contribution in [0.1, 0.15) is 12.5 Å². The summed E-state index contributed by atoms with van der Waals surface area (Å²) in [6.07, 6.45) is 1.68. The van der Waals surface area contributed by atoms with Crippen LogP contribution < -0.4 is 14.5 Å². The first kappa shape index (κ1) is 17.9. The van der Waals surface area contributed by atoms with Crippen molar-refractivity contribution in [2.45, 2.75) is 6.92 Å². The Morgan fingerprint density at radius 3 is 2.46 bits per heavy atom. The van der Waals surface area contributed by atoms with Gasteiger partial charge in [-0.3, -0.25) is 4.79 Å². The summed E-state index contributed by atoms with van der Waals surface area (Å²) in [4.78, 5) is 12.7. The van der Waals surface area contributed by atoms with Crippen LogP contribution in [0.15, 0.2) is 47.1 Å². The molecule has 0 spiro atoms. The minimum atomic E-state index is -0.378. The number of hydrazone groups is 1. The summed E-state index contributed by atoms with van der Waals surface area (Å²) in [5, 5.41) is 5.88. The SMILES string of the molecule is COc1cc(/C=C2/C(=O)N(c3ccc(F)cc3)N=C2C)cc(Cl)c1OC. The highest BCUT2D eigenvalue weighted by molar-refractivity contribution is 6.33. The van der Waals surface area contributed by atoms with Gasteiger partial charge in [-0.05, 0) is 55.0 Å². The van der Waals surface area contributed by atoms with Gasteiger partial charge in [0.15, 0.2) is 11.5 Å². The van der Waals surface area contributed by atoms with E-state index in [1.165, 1.54) is 43.5 Å². The largest absolute Gasteiger partial charge is 0.493 e. The van der Waals surface area contributed by atoms with Gasteiger partial charge in [0.25, 0.3) is 5.91 Å². The molecule has 1 aliphatic rings. The van der Waals surface area contributed by atoms with Gasteiger partial charge < -0.3 is 9.47 Å². The summed E-state index contributed by atoms with van der Waals surface area (Å²) in [6.45, 7) is 1.73. The predicted octanol–water partition coefficient (Wildman–Crippen LogP) is 4.30. The Kier molecular flexibility index (Phi) is 4.95. The molecule has 134 valence electrons. The number of hydrogen-bond acceptors (Lipinski definition) is 4. The normalized spacial score (nSPS) is 15.4. The molecular weight excluding hydrogens is 359 g/mol. The highest BCUT2D eigenvalue weighted by Crippen LogP contribution is 2.37. The summed E-state index contributed by atoms with van der Waals surface area (Å²) in [7, 11) is 3.01. The molecule has 2 aromatic carbocycles. The van der Waals surface area contributed by atoms with Crippen LogP contribution in [-0.4, -0.2) is 25.8 Å². The van der Waals surface area contributed by atoms with Gasteiger partial charge in [0, 0.05) is 0 Å². The van der Waals surface area contributed by atoms with Crippen molar-refractivity contribution in [3.05, 3.63) is 58.4 Å². The first-order valence-corrected chi connectivity index (χ1v) is 8.11. The Morgan fingerprint density at radius 2 is 1.85 bits per heavy atom. The lowest BCUT2D eigenvalue weighted by Crippen LogP contribution is -2.21. The molecule has 0 bridgehead atoms. The first-order valence-electron chi connectivity index (χ1n) is 7.73. The molecule has 0 aromatic heterocycles. The van der Waals surface area contributed by atoms with Crippen LogP contribution in [-0.2, 0) is 4.79 Å². The van der Waals surface area contributed by atoms with Crippen molar-refractivity contribution in [1.29, 1.82) is 0 Å². The topological polar surface area (TPSA) is 51.1 Å². The zero-order chi connectivity index (χ0) is 18.8. The number of hydrogen-bond donors (Lipinski definition) is 0. The second-order valence-corrected chi connectivity index (χ2v) is 5.98. The molecule has 0 atom stereocenters. The predicted molar refractivity (Wildman–Crippen MR) is 99.5 cm³/mol. The Balaban J connectivity index is 1.97. The molecule has 0 unspecified atom stereocenters. The minimum Gasteiger partial charge on any atom is -0.493 e. The molecule has 0 radical (unpaired) electrons. The Morgan fingerprint density at radius 1 is 1.15 bits per heavy atom. The maximum atomic E-state index is 13.1. The average Bonchev–Trinajstić information content (AvgIpc) is 2.90. The van der Waals surface area contributed by atoms with Gasteiger partial charge in [0.1, 0.15) is 5.82 Å². The zero-order valence-corrected chi connectivity index (χ0v) is 15.2. The van der Waals surface area contributed by atoms with E-state index in [1.807, 2.05) is 0 Å². The molecular formula is C19H16ClFN2O3. The second kappa shape index (κ2) is 7.17. The molecule has 1 heterocycles. The zero-order valence-electron chi connectivity index (χ0n) is 14.4. The van der Waals surface area contributed by atoms with E-state index in [0.717, 1.165) is 0 Å². The number of carbonyl (C=O) groups excluding carboxylic acids is 1. The van der Waals surface area contributed by atoms with Crippen molar-refractivity contribution in [3.8, 4) is 11.5 Å². The third-order valence-corrected chi connectivity index (χ3v) is 4.18. The average molecular weight is 375 g/mol. The lowest BCUT2D eigenvalue weighted by Gasteiger charge is -2.12. The summed E-state index contributed by atoms with van der Waals surface area (Å²) in [5.41, 5.74) is 2.12. The molecule has 7 heteroatoms. The fourth-order valence-electron chi connectivity index (χ4n) is 2.63. The first-order chi connectivity index (χ1) is 12.4. The molecule has 1 amide bonds. The van der Waals surface area contributed by atoms with Crippen molar-refractivity contribution < 1.29 is 18.7 Å². The van der Waals surface area contributed by atoms with Crippen molar-refractivity contribution in [1.82, 2.24) is 0 Å². The number of amides is 1. The van der Waals surface area contributed by atoms with Crippen molar-refractivity contribution in [2.75, 3.05) is 19.2 Å². The van der Waals surface area contributed by atoms with Gasteiger partial charge in [-0.2, -0.15) is 10.1 Å². The van der Waals surface area contributed by atoms with Crippen molar-refractivity contribution in [2.24, 2.45) is 5.10 Å². The second-order valence-electron chi connectivity index (χ2n) is 5.58. The van der Waals surface area contributed by atoms with Crippen molar-refractivity contribution >= 4 is 35.0 Å². The van der Waals surface area contributed by atoms with Crippen LogP contribution in [0.2, 0.25) is 5.02 Å². The molecule has 3 rings (SSSR count). The number of rotatable bonds is 4. The van der Waals surface area contributed by atoms with Crippen LogP contribution in [0.4, 0.5) is 10.1 Å².